The molecule has 0 saturated carbocycles. The molecule has 0 aliphatic carbocycles. The Morgan fingerprint density at radius 1 is 0.636 bits per heavy atom. The van der Waals surface area contributed by atoms with Crippen molar-refractivity contribution >= 4 is 0 Å². The van der Waals surface area contributed by atoms with E-state index in [-0.39, 0.29) is 0 Å². The maximum Gasteiger partial charge on any atom is 0.0109 e. The molecule has 0 atom stereocenters. The van der Waals surface area contributed by atoms with Crippen molar-refractivity contribution in [3.8, 4) is 0 Å². The molecule has 11 heavy (non-hydrogen) atoms. The van der Waals surface area contributed by atoms with E-state index in [0.29, 0.717) is 0 Å². The average Bonchev–Trinajstić information content (AvgIpc) is 2.36. The minimum absolute atomic E-state index is 1.32. The summed E-state index contributed by atoms with van der Waals surface area (Å²) in [5.41, 5.74) is 0. The summed E-state index contributed by atoms with van der Waals surface area (Å²) in [6, 6.07) is 0. The van der Waals surface area contributed by atoms with Gasteiger partial charge in [-0.25, -0.2) is 0 Å². The fourth-order valence-corrected chi connectivity index (χ4v) is 1.89. The Morgan fingerprint density at radius 3 is 1.45 bits per heavy atom. The van der Waals surface area contributed by atoms with Crippen LogP contribution in [0.25, 0.3) is 0 Å². The van der Waals surface area contributed by atoms with Crippen LogP contribution < -0.4 is 0 Å². The molecule has 2 fully saturated rings. The van der Waals surface area contributed by atoms with Crippen LogP contribution in [0.3, 0.4) is 0 Å². The van der Waals surface area contributed by atoms with Crippen molar-refractivity contribution in [2.75, 3.05) is 39.3 Å². The number of hydrogen-bond acceptors (Lipinski definition) is 2. The molecule has 2 aliphatic heterocycles. The van der Waals surface area contributed by atoms with E-state index in [1.165, 1.54) is 58.5 Å². The van der Waals surface area contributed by atoms with Crippen LogP contribution in [-0.2, 0) is 0 Å². The molecule has 0 bridgehead atoms. The second-order valence-electron chi connectivity index (χ2n) is 3.74. The third-order valence-electron chi connectivity index (χ3n) is 2.88. The molecule has 64 valence electrons. The van der Waals surface area contributed by atoms with Crippen molar-refractivity contribution in [3.63, 3.8) is 0 Å². The second-order valence-corrected chi connectivity index (χ2v) is 3.74. The summed E-state index contributed by atoms with van der Waals surface area (Å²) in [7, 11) is 0. The summed E-state index contributed by atoms with van der Waals surface area (Å²) in [5, 5.41) is 0. The topological polar surface area (TPSA) is 6.48 Å². The molecule has 0 aromatic carbocycles. The summed E-state index contributed by atoms with van der Waals surface area (Å²) in [6.45, 7) is 8.06. The van der Waals surface area contributed by atoms with E-state index in [1.54, 1.807) is 0 Å². The standard InChI is InChI=1S/C9H18N2/c1-2-5-10(4-1)8-9-11-6-3-7-11/h1-9H2. The van der Waals surface area contributed by atoms with E-state index in [1.807, 2.05) is 0 Å². The largest absolute Gasteiger partial charge is 0.302 e. The summed E-state index contributed by atoms with van der Waals surface area (Å²) in [5.74, 6) is 0. The molecule has 0 N–H and O–H groups in total. The Hall–Kier alpha value is -0.0800. The van der Waals surface area contributed by atoms with Gasteiger partial charge in [0.15, 0.2) is 0 Å². The molecular formula is C9H18N2. The third kappa shape index (κ3) is 1.94. The molecule has 2 nitrogen and oxygen atoms in total. The lowest BCUT2D eigenvalue weighted by Crippen LogP contribution is -2.42. The zero-order valence-corrected chi connectivity index (χ0v) is 7.26. The van der Waals surface area contributed by atoms with Gasteiger partial charge < -0.3 is 9.80 Å². The average molecular weight is 154 g/mol. The highest BCUT2D eigenvalue weighted by molar-refractivity contribution is 4.72. The molecular weight excluding hydrogens is 136 g/mol. The molecule has 0 unspecified atom stereocenters. The number of hydrogen-bond donors (Lipinski definition) is 0. The fourth-order valence-electron chi connectivity index (χ4n) is 1.89. The van der Waals surface area contributed by atoms with Crippen molar-refractivity contribution < 1.29 is 0 Å². The molecule has 0 amide bonds. The maximum absolute atomic E-state index is 2.60. The molecule has 2 rings (SSSR count). The van der Waals surface area contributed by atoms with Crippen LogP contribution in [-0.4, -0.2) is 49.1 Å². The molecule has 2 heterocycles. The Bertz CT molecular complexity index is 115. The van der Waals surface area contributed by atoms with Crippen LogP contribution in [0.15, 0.2) is 0 Å². The van der Waals surface area contributed by atoms with E-state index in [0.717, 1.165) is 0 Å². The zero-order valence-electron chi connectivity index (χ0n) is 7.26. The Balaban J connectivity index is 1.57. The van der Waals surface area contributed by atoms with Crippen LogP contribution in [0.1, 0.15) is 19.3 Å². The fraction of sp³-hybridized carbons (Fsp3) is 1.00. The molecule has 0 radical (unpaired) electrons. The van der Waals surface area contributed by atoms with Gasteiger partial charge in [-0.1, -0.05) is 0 Å². The zero-order chi connectivity index (χ0) is 7.52. The normalized spacial score (nSPS) is 27.3. The lowest BCUT2D eigenvalue weighted by Gasteiger charge is -2.32. The van der Waals surface area contributed by atoms with Gasteiger partial charge in [0.2, 0.25) is 0 Å². The van der Waals surface area contributed by atoms with Gasteiger partial charge in [0, 0.05) is 13.1 Å². The molecule has 0 aromatic heterocycles. The first-order chi connectivity index (χ1) is 5.45. The van der Waals surface area contributed by atoms with Crippen LogP contribution in [0.5, 0.6) is 0 Å². The van der Waals surface area contributed by atoms with E-state index in [2.05, 4.69) is 9.80 Å². The minimum atomic E-state index is 1.32. The minimum Gasteiger partial charge on any atom is -0.302 e. The van der Waals surface area contributed by atoms with Crippen molar-refractivity contribution in [1.29, 1.82) is 0 Å². The van der Waals surface area contributed by atoms with Gasteiger partial charge >= 0.3 is 0 Å². The van der Waals surface area contributed by atoms with Crippen LogP contribution in [0.2, 0.25) is 0 Å². The van der Waals surface area contributed by atoms with E-state index in [4.69, 9.17) is 0 Å². The van der Waals surface area contributed by atoms with E-state index in [9.17, 15) is 0 Å². The highest BCUT2D eigenvalue weighted by Gasteiger charge is 2.16. The van der Waals surface area contributed by atoms with E-state index >= 15 is 0 Å². The lowest BCUT2D eigenvalue weighted by molar-refractivity contribution is 0.157. The Morgan fingerprint density at radius 2 is 1.09 bits per heavy atom. The van der Waals surface area contributed by atoms with Gasteiger partial charge in [0.25, 0.3) is 0 Å². The summed E-state index contributed by atoms with van der Waals surface area (Å²) >= 11 is 0. The van der Waals surface area contributed by atoms with Gasteiger partial charge in [-0.15, -0.1) is 0 Å². The van der Waals surface area contributed by atoms with Crippen molar-refractivity contribution in [2.45, 2.75) is 19.3 Å². The first-order valence-electron chi connectivity index (χ1n) is 4.90. The Labute approximate surface area is 69.2 Å². The van der Waals surface area contributed by atoms with Gasteiger partial charge in [0.1, 0.15) is 0 Å². The number of nitrogens with zero attached hydrogens (tertiary/aromatic N) is 2. The molecule has 2 aliphatic rings. The van der Waals surface area contributed by atoms with Crippen molar-refractivity contribution in [1.82, 2.24) is 9.80 Å². The predicted molar refractivity (Wildman–Crippen MR) is 46.7 cm³/mol. The highest BCUT2D eigenvalue weighted by atomic mass is 15.2. The van der Waals surface area contributed by atoms with Gasteiger partial charge in [0.05, 0.1) is 0 Å². The molecule has 2 saturated heterocycles. The lowest BCUT2D eigenvalue weighted by atomic mass is 10.2. The molecule has 0 spiro atoms. The van der Waals surface area contributed by atoms with Gasteiger partial charge in [-0.3, -0.25) is 0 Å². The molecule has 0 aromatic rings. The van der Waals surface area contributed by atoms with Gasteiger partial charge in [-0.2, -0.15) is 0 Å². The van der Waals surface area contributed by atoms with Crippen molar-refractivity contribution in [2.24, 2.45) is 0 Å². The number of likely N-dealkylation sites (tertiary alicyclic amines) is 2. The number of rotatable bonds is 3. The van der Waals surface area contributed by atoms with Crippen molar-refractivity contribution in [3.05, 3.63) is 0 Å². The summed E-state index contributed by atoms with van der Waals surface area (Å²) in [4.78, 5) is 5.15. The molecule has 2 heteroatoms. The first kappa shape index (κ1) is 7.56. The first-order valence-corrected chi connectivity index (χ1v) is 4.90. The summed E-state index contributed by atoms with van der Waals surface area (Å²) < 4.78 is 0. The highest BCUT2D eigenvalue weighted by Crippen LogP contribution is 2.09. The monoisotopic (exact) mass is 154 g/mol. The quantitative estimate of drug-likeness (QED) is 0.593. The van der Waals surface area contributed by atoms with Crippen LogP contribution >= 0.6 is 0 Å². The van der Waals surface area contributed by atoms with E-state index < -0.39 is 0 Å². The maximum atomic E-state index is 2.60. The van der Waals surface area contributed by atoms with Crippen LogP contribution in [0, 0.1) is 0 Å². The summed E-state index contributed by atoms with van der Waals surface area (Å²) in [6.07, 6.45) is 4.29. The van der Waals surface area contributed by atoms with Crippen LogP contribution in [0.4, 0.5) is 0 Å². The van der Waals surface area contributed by atoms with Gasteiger partial charge in [-0.05, 0) is 45.4 Å². The second kappa shape index (κ2) is 3.55. The predicted octanol–water partition coefficient (Wildman–Crippen LogP) is 0.788. The smallest absolute Gasteiger partial charge is 0.0109 e. The third-order valence-corrected chi connectivity index (χ3v) is 2.88. The SMILES string of the molecule is C1CCN(CCN2CCC2)C1. The Kier molecular flexibility index (Phi) is 2.44.